The number of aryl methyl sites for hydroxylation is 1. The SMILES string of the molecule is COc1cc(C2C(=C(O)c3ccc4c(c3)CC(C)O4)C(=O)C(=O)N2c2nnc(C)s2)ccc1OCc1ccccc1. The highest BCUT2D eigenvalue weighted by molar-refractivity contribution is 7.15. The van der Waals surface area contributed by atoms with Crippen LogP contribution in [0.15, 0.2) is 72.3 Å². The molecule has 1 aromatic heterocycles. The van der Waals surface area contributed by atoms with E-state index in [0.29, 0.717) is 40.7 Å². The van der Waals surface area contributed by atoms with Crippen molar-refractivity contribution < 1.29 is 28.9 Å². The third-order valence-electron chi connectivity index (χ3n) is 7.08. The predicted octanol–water partition coefficient (Wildman–Crippen LogP) is 5.38. The number of carbonyl (C=O) groups is 2. The van der Waals surface area contributed by atoms with Gasteiger partial charge in [0.1, 0.15) is 29.2 Å². The van der Waals surface area contributed by atoms with Crippen molar-refractivity contribution in [2.45, 2.75) is 39.0 Å². The third kappa shape index (κ3) is 4.91. The molecule has 3 aromatic carbocycles. The third-order valence-corrected chi connectivity index (χ3v) is 7.91. The van der Waals surface area contributed by atoms with E-state index >= 15 is 0 Å². The minimum Gasteiger partial charge on any atom is -0.507 e. The van der Waals surface area contributed by atoms with E-state index < -0.39 is 17.7 Å². The number of fused-ring (bicyclic) bond motifs is 1. The van der Waals surface area contributed by atoms with E-state index in [-0.39, 0.29) is 22.6 Å². The quantitative estimate of drug-likeness (QED) is 0.179. The summed E-state index contributed by atoms with van der Waals surface area (Å²) >= 11 is 1.19. The van der Waals surface area contributed by atoms with Gasteiger partial charge in [0.05, 0.1) is 18.7 Å². The van der Waals surface area contributed by atoms with Crippen molar-refractivity contribution in [2.24, 2.45) is 0 Å². The number of benzene rings is 3. The second-order valence-corrected chi connectivity index (χ2v) is 11.1. The molecular formula is C31H27N3O6S. The van der Waals surface area contributed by atoms with Gasteiger partial charge < -0.3 is 19.3 Å². The number of hydrogen-bond donors (Lipinski definition) is 1. The molecular weight excluding hydrogens is 542 g/mol. The summed E-state index contributed by atoms with van der Waals surface area (Å²) in [7, 11) is 1.52. The lowest BCUT2D eigenvalue weighted by atomic mass is 9.94. The van der Waals surface area contributed by atoms with Gasteiger partial charge in [0, 0.05) is 12.0 Å². The Kier molecular flexibility index (Phi) is 6.92. The summed E-state index contributed by atoms with van der Waals surface area (Å²) in [5.74, 6) is -0.227. The van der Waals surface area contributed by atoms with Crippen molar-refractivity contribution in [1.82, 2.24) is 10.2 Å². The lowest BCUT2D eigenvalue weighted by Crippen LogP contribution is -2.29. The Morgan fingerprint density at radius 3 is 2.61 bits per heavy atom. The molecule has 0 aliphatic carbocycles. The first-order valence-electron chi connectivity index (χ1n) is 13.1. The van der Waals surface area contributed by atoms with Gasteiger partial charge in [0.25, 0.3) is 5.78 Å². The van der Waals surface area contributed by atoms with Gasteiger partial charge in [-0.3, -0.25) is 14.5 Å². The summed E-state index contributed by atoms with van der Waals surface area (Å²) in [5, 5.41) is 20.6. The topological polar surface area (TPSA) is 111 Å². The van der Waals surface area contributed by atoms with Crippen molar-refractivity contribution in [2.75, 3.05) is 12.0 Å². The van der Waals surface area contributed by atoms with E-state index in [0.717, 1.165) is 16.9 Å². The van der Waals surface area contributed by atoms with Gasteiger partial charge in [0.2, 0.25) is 5.13 Å². The molecule has 2 aliphatic rings. The first-order valence-corrected chi connectivity index (χ1v) is 13.9. The lowest BCUT2D eigenvalue weighted by Gasteiger charge is -2.23. The zero-order valence-electron chi connectivity index (χ0n) is 22.7. The molecule has 2 aliphatic heterocycles. The number of carbonyl (C=O) groups excluding carboxylic acids is 2. The van der Waals surface area contributed by atoms with Crippen molar-refractivity contribution in [3.05, 3.63) is 99.6 Å². The number of aliphatic hydroxyl groups is 1. The smallest absolute Gasteiger partial charge is 0.301 e. The maximum Gasteiger partial charge on any atom is 0.301 e. The van der Waals surface area contributed by atoms with E-state index in [4.69, 9.17) is 14.2 Å². The molecule has 0 bridgehead atoms. The number of methoxy groups -OCH3 is 1. The fraction of sp³-hybridized carbons (Fsp3) is 0.226. The average Bonchev–Trinajstić information content (AvgIpc) is 3.65. The van der Waals surface area contributed by atoms with Crippen molar-refractivity contribution in [1.29, 1.82) is 0 Å². The summed E-state index contributed by atoms with van der Waals surface area (Å²) in [6.07, 6.45) is 0.698. The van der Waals surface area contributed by atoms with Crippen LogP contribution < -0.4 is 19.1 Å². The fourth-order valence-electron chi connectivity index (χ4n) is 5.16. The van der Waals surface area contributed by atoms with E-state index in [1.165, 1.54) is 23.3 Å². The second-order valence-electron chi connectivity index (χ2n) is 9.91. The van der Waals surface area contributed by atoms with E-state index in [1.807, 2.05) is 37.3 Å². The highest BCUT2D eigenvalue weighted by Gasteiger charge is 2.48. The van der Waals surface area contributed by atoms with Crippen LogP contribution in [-0.2, 0) is 22.6 Å². The second kappa shape index (κ2) is 10.7. The molecule has 208 valence electrons. The molecule has 2 unspecified atom stereocenters. The first kappa shape index (κ1) is 26.5. The van der Waals surface area contributed by atoms with Gasteiger partial charge in [-0.25, -0.2) is 0 Å². The first-order chi connectivity index (χ1) is 19.8. The standard InChI is InChI=1S/C31H27N3O6S/c1-17-13-22-14-21(10-11-23(22)40-17)28(35)26-27(34(30(37)29(26)36)31-33-32-18(2)41-31)20-9-12-24(25(15-20)38-3)39-16-19-7-5-4-6-8-19/h4-12,14-15,17,27,35H,13,16H2,1-3H3. The molecule has 1 saturated heterocycles. The fourth-order valence-corrected chi connectivity index (χ4v) is 5.88. The van der Waals surface area contributed by atoms with Gasteiger partial charge >= 0.3 is 5.91 Å². The molecule has 0 saturated carbocycles. The van der Waals surface area contributed by atoms with Crippen LogP contribution >= 0.6 is 11.3 Å². The molecule has 3 heterocycles. The number of ketones is 1. The summed E-state index contributed by atoms with van der Waals surface area (Å²) < 4.78 is 17.5. The number of aliphatic hydroxyl groups excluding tert-OH is 1. The average molecular weight is 570 g/mol. The Morgan fingerprint density at radius 1 is 1.07 bits per heavy atom. The summed E-state index contributed by atoms with van der Waals surface area (Å²) in [6, 6.07) is 19.2. The number of anilines is 1. The summed E-state index contributed by atoms with van der Waals surface area (Å²) in [6.45, 7) is 4.07. The number of hydrogen-bond acceptors (Lipinski definition) is 9. The van der Waals surface area contributed by atoms with Gasteiger partial charge in [-0.1, -0.05) is 47.7 Å². The largest absolute Gasteiger partial charge is 0.507 e. The van der Waals surface area contributed by atoms with Crippen LogP contribution in [0.2, 0.25) is 0 Å². The van der Waals surface area contributed by atoms with Crippen molar-refractivity contribution in [3.63, 3.8) is 0 Å². The molecule has 1 amide bonds. The number of ether oxygens (including phenoxy) is 3. The number of aromatic nitrogens is 2. The number of Topliss-reactive ketones (excluding diaryl/α,β-unsaturated/α-hetero) is 1. The van der Waals surface area contributed by atoms with Crippen LogP contribution in [0.5, 0.6) is 17.2 Å². The Balaban J connectivity index is 1.44. The highest BCUT2D eigenvalue weighted by Crippen LogP contribution is 2.45. The van der Waals surface area contributed by atoms with E-state index in [9.17, 15) is 14.7 Å². The number of amides is 1. The molecule has 1 N–H and O–H groups in total. The molecule has 0 radical (unpaired) electrons. The molecule has 6 rings (SSSR count). The Labute approximate surface area is 240 Å². The molecule has 1 fully saturated rings. The van der Waals surface area contributed by atoms with Crippen LogP contribution in [0.25, 0.3) is 5.76 Å². The van der Waals surface area contributed by atoms with Gasteiger partial charge in [0.15, 0.2) is 11.5 Å². The molecule has 41 heavy (non-hydrogen) atoms. The molecule has 9 nitrogen and oxygen atoms in total. The zero-order valence-corrected chi connectivity index (χ0v) is 23.5. The lowest BCUT2D eigenvalue weighted by molar-refractivity contribution is -0.132. The Bertz CT molecular complexity index is 1680. The maximum absolute atomic E-state index is 13.5. The number of nitrogens with zero attached hydrogens (tertiary/aromatic N) is 3. The van der Waals surface area contributed by atoms with Crippen LogP contribution in [0.4, 0.5) is 5.13 Å². The normalized spacial score (nSPS) is 19.2. The van der Waals surface area contributed by atoms with Crippen LogP contribution in [0.1, 0.15) is 40.2 Å². The van der Waals surface area contributed by atoms with Gasteiger partial charge in [-0.2, -0.15) is 0 Å². The van der Waals surface area contributed by atoms with E-state index in [1.54, 1.807) is 43.3 Å². The monoisotopic (exact) mass is 569 g/mol. The molecule has 10 heteroatoms. The summed E-state index contributed by atoms with van der Waals surface area (Å²) in [5.41, 5.74) is 2.84. The molecule has 2 atom stereocenters. The number of rotatable bonds is 7. The van der Waals surface area contributed by atoms with Crippen molar-refractivity contribution in [3.8, 4) is 17.2 Å². The van der Waals surface area contributed by atoms with Crippen LogP contribution in [0, 0.1) is 6.92 Å². The Hall–Kier alpha value is -4.70. The Morgan fingerprint density at radius 2 is 1.88 bits per heavy atom. The van der Waals surface area contributed by atoms with Crippen LogP contribution in [-0.4, -0.2) is 40.2 Å². The van der Waals surface area contributed by atoms with Crippen molar-refractivity contribution >= 4 is 33.9 Å². The molecule has 4 aromatic rings. The zero-order chi connectivity index (χ0) is 28.7. The maximum atomic E-state index is 13.5. The van der Waals surface area contributed by atoms with Gasteiger partial charge in [-0.15, -0.1) is 10.2 Å². The highest BCUT2D eigenvalue weighted by atomic mass is 32.1. The minimum atomic E-state index is -0.970. The molecule has 0 spiro atoms. The van der Waals surface area contributed by atoms with Gasteiger partial charge in [-0.05, 0) is 60.9 Å². The predicted molar refractivity (Wildman–Crippen MR) is 153 cm³/mol. The summed E-state index contributed by atoms with van der Waals surface area (Å²) in [4.78, 5) is 28.3. The minimum absolute atomic E-state index is 0.0173. The van der Waals surface area contributed by atoms with E-state index in [2.05, 4.69) is 10.2 Å². The van der Waals surface area contributed by atoms with Crippen LogP contribution in [0.3, 0.4) is 0 Å².